The lowest BCUT2D eigenvalue weighted by molar-refractivity contribution is -0.137. The molecule has 0 fully saturated rings. The summed E-state index contributed by atoms with van der Waals surface area (Å²) in [5.41, 5.74) is 0.793. The Balaban J connectivity index is 1.29. The summed E-state index contributed by atoms with van der Waals surface area (Å²) in [6.07, 6.45) is -1.71. The van der Waals surface area contributed by atoms with Gasteiger partial charge >= 0.3 is 6.18 Å². The summed E-state index contributed by atoms with van der Waals surface area (Å²) in [6, 6.07) is 18.0. The largest absolute Gasteiger partial charge is 0.417 e. The average molecular weight is 533 g/mol. The third-order valence-corrected chi connectivity index (χ3v) is 6.09. The molecule has 11 heteroatoms. The van der Waals surface area contributed by atoms with Crippen molar-refractivity contribution >= 4 is 0 Å². The second kappa shape index (κ2) is 9.43. The molecular formula is C28H16F5N5O. The van der Waals surface area contributed by atoms with Crippen molar-refractivity contribution in [3.05, 3.63) is 108 Å². The Hall–Kier alpha value is -4.93. The SMILES string of the molecule is Fc1cccc(-c2nc3cnn(Cc4cc(-c5ccc(-c6ccccc6)cc5C(F)(F)F)no4)cc-3n2)c1F. The fraction of sp³-hybridized carbons (Fsp3) is 0.0714. The fourth-order valence-electron chi connectivity index (χ4n) is 4.23. The van der Waals surface area contributed by atoms with E-state index in [9.17, 15) is 22.0 Å². The van der Waals surface area contributed by atoms with E-state index in [1.165, 1.54) is 41.3 Å². The minimum atomic E-state index is -4.62. The maximum atomic E-state index is 14.2. The molecule has 0 bridgehead atoms. The first-order valence-corrected chi connectivity index (χ1v) is 11.6. The van der Waals surface area contributed by atoms with E-state index in [4.69, 9.17) is 4.52 Å². The van der Waals surface area contributed by atoms with Crippen molar-refractivity contribution in [2.75, 3.05) is 0 Å². The van der Waals surface area contributed by atoms with Gasteiger partial charge in [0.1, 0.15) is 23.6 Å². The van der Waals surface area contributed by atoms with E-state index in [0.717, 1.165) is 12.1 Å². The molecule has 0 saturated heterocycles. The number of hydrogen-bond acceptors (Lipinski definition) is 5. The van der Waals surface area contributed by atoms with Crippen LogP contribution in [-0.4, -0.2) is 24.9 Å². The second-order valence-electron chi connectivity index (χ2n) is 8.69. The van der Waals surface area contributed by atoms with Crippen LogP contribution in [0.25, 0.3) is 45.2 Å². The Labute approximate surface area is 217 Å². The minimum Gasteiger partial charge on any atom is -0.359 e. The number of benzene rings is 3. The fourth-order valence-corrected chi connectivity index (χ4v) is 4.23. The zero-order valence-corrected chi connectivity index (χ0v) is 19.8. The van der Waals surface area contributed by atoms with Crippen LogP contribution in [0.2, 0.25) is 0 Å². The molecule has 39 heavy (non-hydrogen) atoms. The highest BCUT2D eigenvalue weighted by molar-refractivity contribution is 5.72. The number of alkyl halides is 3. The van der Waals surface area contributed by atoms with Crippen LogP contribution in [0.3, 0.4) is 0 Å². The van der Waals surface area contributed by atoms with Crippen LogP contribution in [0.1, 0.15) is 11.3 Å². The van der Waals surface area contributed by atoms with Gasteiger partial charge in [-0.2, -0.15) is 18.3 Å². The van der Waals surface area contributed by atoms with Crippen molar-refractivity contribution in [2.45, 2.75) is 12.7 Å². The lowest BCUT2D eigenvalue weighted by Gasteiger charge is -2.13. The van der Waals surface area contributed by atoms with Crippen LogP contribution >= 0.6 is 0 Å². The van der Waals surface area contributed by atoms with E-state index >= 15 is 0 Å². The summed E-state index contributed by atoms with van der Waals surface area (Å²) >= 11 is 0. The van der Waals surface area contributed by atoms with Gasteiger partial charge in [0.25, 0.3) is 0 Å². The zero-order valence-electron chi connectivity index (χ0n) is 19.8. The van der Waals surface area contributed by atoms with E-state index < -0.39 is 23.4 Å². The smallest absolute Gasteiger partial charge is 0.359 e. The van der Waals surface area contributed by atoms with Crippen molar-refractivity contribution in [2.24, 2.45) is 0 Å². The summed E-state index contributed by atoms with van der Waals surface area (Å²) in [5, 5.41) is 8.07. The second-order valence-corrected chi connectivity index (χ2v) is 8.69. The third kappa shape index (κ3) is 4.74. The molecular weight excluding hydrogens is 517 g/mol. The standard InChI is InChI=1S/C28H16F5N5O/c29-22-8-4-7-20(26(22)30)27-35-24-13-34-38(15-25(24)36-27)14-18-12-23(37-39-18)19-10-9-17(11-21(19)28(31,32)33)16-5-2-1-3-6-16/h1-13,15H,14H2. The molecule has 2 aliphatic rings. The maximum absolute atomic E-state index is 14.2. The molecule has 4 aromatic rings. The van der Waals surface area contributed by atoms with Gasteiger partial charge in [-0.3, -0.25) is 4.68 Å². The van der Waals surface area contributed by atoms with Gasteiger partial charge in [0.15, 0.2) is 23.2 Å². The van der Waals surface area contributed by atoms with Crippen LogP contribution in [-0.2, 0) is 12.7 Å². The molecule has 0 atom stereocenters. The molecule has 0 aliphatic carbocycles. The molecule has 2 aliphatic heterocycles. The normalized spacial score (nSPS) is 11.8. The topological polar surface area (TPSA) is 69.6 Å². The number of nitrogens with zero attached hydrogens (tertiary/aromatic N) is 5. The summed E-state index contributed by atoms with van der Waals surface area (Å²) in [7, 11) is 0. The summed E-state index contributed by atoms with van der Waals surface area (Å²) in [6.45, 7) is 0.0307. The molecule has 0 spiro atoms. The molecule has 0 amide bonds. The van der Waals surface area contributed by atoms with Crippen LogP contribution in [0.15, 0.2) is 89.7 Å². The molecule has 194 valence electrons. The lowest BCUT2D eigenvalue weighted by atomic mass is 9.97. The van der Waals surface area contributed by atoms with Crippen LogP contribution in [0.4, 0.5) is 22.0 Å². The van der Waals surface area contributed by atoms with Gasteiger partial charge < -0.3 is 4.52 Å². The summed E-state index contributed by atoms with van der Waals surface area (Å²) < 4.78 is 76.4. The van der Waals surface area contributed by atoms with Crippen molar-refractivity contribution < 1.29 is 26.5 Å². The molecule has 6 nitrogen and oxygen atoms in total. The predicted octanol–water partition coefficient (Wildman–Crippen LogP) is 7.11. The van der Waals surface area contributed by atoms with Gasteiger partial charge in [-0.05, 0) is 29.3 Å². The number of imidazole rings is 1. The first kappa shape index (κ1) is 24.4. The van der Waals surface area contributed by atoms with Gasteiger partial charge in [-0.1, -0.05) is 53.7 Å². The maximum Gasteiger partial charge on any atom is 0.417 e. The van der Waals surface area contributed by atoms with E-state index in [1.807, 2.05) is 0 Å². The van der Waals surface area contributed by atoms with E-state index in [1.54, 1.807) is 36.4 Å². The number of aromatic nitrogens is 5. The Morgan fingerprint density at radius 2 is 1.56 bits per heavy atom. The van der Waals surface area contributed by atoms with Crippen molar-refractivity contribution in [3.63, 3.8) is 0 Å². The van der Waals surface area contributed by atoms with E-state index in [2.05, 4.69) is 20.2 Å². The summed E-state index contributed by atoms with van der Waals surface area (Å²) in [5.74, 6) is -1.82. The van der Waals surface area contributed by atoms with Crippen LogP contribution < -0.4 is 0 Å². The number of hydrogen-bond donors (Lipinski definition) is 0. The van der Waals surface area contributed by atoms with Gasteiger partial charge in [0.05, 0.1) is 23.5 Å². The Kier molecular flexibility index (Phi) is 5.90. The quantitative estimate of drug-likeness (QED) is 0.221. The van der Waals surface area contributed by atoms with Crippen molar-refractivity contribution in [3.8, 4) is 45.2 Å². The minimum absolute atomic E-state index is 0.00197. The summed E-state index contributed by atoms with van der Waals surface area (Å²) in [4.78, 5) is 8.46. The first-order valence-electron chi connectivity index (χ1n) is 11.6. The number of fused-ring (bicyclic) bond motifs is 1. The predicted molar refractivity (Wildman–Crippen MR) is 131 cm³/mol. The van der Waals surface area contributed by atoms with Crippen molar-refractivity contribution in [1.29, 1.82) is 0 Å². The van der Waals surface area contributed by atoms with E-state index in [-0.39, 0.29) is 35.0 Å². The molecule has 3 aromatic carbocycles. The van der Waals surface area contributed by atoms with Crippen LogP contribution in [0, 0.1) is 11.6 Å². The zero-order chi connectivity index (χ0) is 27.1. The molecule has 0 unspecified atom stereocenters. The van der Waals surface area contributed by atoms with Crippen LogP contribution in [0.5, 0.6) is 0 Å². The van der Waals surface area contributed by atoms with Crippen molar-refractivity contribution in [1.82, 2.24) is 24.9 Å². The molecule has 0 saturated carbocycles. The Morgan fingerprint density at radius 3 is 2.36 bits per heavy atom. The third-order valence-electron chi connectivity index (χ3n) is 6.09. The first-order chi connectivity index (χ1) is 18.8. The monoisotopic (exact) mass is 533 g/mol. The lowest BCUT2D eigenvalue weighted by Crippen LogP contribution is -2.07. The molecule has 0 N–H and O–H groups in total. The molecule has 0 radical (unpaired) electrons. The molecule has 6 rings (SSSR count). The van der Waals surface area contributed by atoms with E-state index in [0.29, 0.717) is 22.5 Å². The Bertz CT molecular complexity index is 1760. The van der Waals surface area contributed by atoms with Gasteiger partial charge in [0, 0.05) is 11.6 Å². The van der Waals surface area contributed by atoms with Gasteiger partial charge in [0.2, 0.25) is 0 Å². The number of halogens is 5. The highest BCUT2D eigenvalue weighted by Gasteiger charge is 2.35. The van der Waals surface area contributed by atoms with Gasteiger partial charge in [-0.25, -0.2) is 18.7 Å². The Morgan fingerprint density at radius 1 is 0.769 bits per heavy atom. The average Bonchev–Trinajstić information content (AvgIpc) is 3.57. The van der Waals surface area contributed by atoms with Gasteiger partial charge in [-0.15, -0.1) is 0 Å². The number of rotatable bonds is 5. The molecule has 3 heterocycles. The molecule has 1 aromatic heterocycles. The highest BCUT2D eigenvalue weighted by atomic mass is 19.4. The highest BCUT2D eigenvalue weighted by Crippen LogP contribution is 2.39.